The van der Waals surface area contributed by atoms with Crippen LogP contribution in [0.25, 0.3) is 0 Å². The Morgan fingerprint density at radius 1 is 1.00 bits per heavy atom. The third kappa shape index (κ3) is 2.67. The quantitative estimate of drug-likeness (QED) is 0.792. The lowest BCUT2D eigenvalue weighted by Crippen LogP contribution is -2.55. The van der Waals surface area contributed by atoms with Gasteiger partial charge in [0, 0.05) is 13.5 Å². The van der Waals surface area contributed by atoms with E-state index in [1.807, 2.05) is 49.4 Å². The lowest BCUT2D eigenvalue weighted by atomic mass is 10.1. The highest BCUT2D eigenvalue weighted by molar-refractivity contribution is 6.05. The van der Waals surface area contributed by atoms with Gasteiger partial charge in [0.1, 0.15) is 6.61 Å². The van der Waals surface area contributed by atoms with E-state index in [2.05, 4.69) is 0 Å². The molecule has 2 amide bonds. The maximum absolute atomic E-state index is 13.2. The predicted octanol–water partition coefficient (Wildman–Crippen LogP) is 2.61. The smallest absolute Gasteiger partial charge is 0.271 e. The molecule has 0 aliphatic carbocycles. The van der Waals surface area contributed by atoms with Gasteiger partial charge in [-0.25, -0.2) is 0 Å². The molecule has 0 bridgehead atoms. The van der Waals surface area contributed by atoms with Gasteiger partial charge in [0.25, 0.3) is 5.91 Å². The Labute approximate surface area is 151 Å². The van der Waals surface area contributed by atoms with Crippen LogP contribution in [0.15, 0.2) is 48.5 Å². The molecule has 4 rings (SSSR count). The van der Waals surface area contributed by atoms with E-state index in [1.165, 1.54) is 0 Å². The number of rotatable bonds is 1. The maximum Gasteiger partial charge on any atom is 0.271 e. The molecule has 2 aromatic rings. The van der Waals surface area contributed by atoms with Gasteiger partial charge in [-0.3, -0.25) is 9.59 Å². The Morgan fingerprint density at radius 2 is 1.65 bits per heavy atom. The molecule has 134 valence electrons. The standard InChI is InChI=1S/C20H20N2O4/c1-13-11-21(15-7-3-4-8-16(15)22(13)14(2)23)20(24)19-12-25-17-9-5-6-10-18(17)26-19/h3-10,13,19H,11-12H2,1-2H3/t13-,19+/m0/s1. The summed E-state index contributed by atoms with van der Waals surface area (Å²) in [4.78, 5) is 28.7. The third-order valence-corrected chi connectivity index (χ3v) is 4.71. The first-order valence-corrected chi connectivity index (χ1v) is 8.65. The summed E-state index contributed by atoms with van der Waals surface area (Å²) in [6, 6.07) is 14.6. The summed E-state index contributed by atoms with van der Waals surface area (Å²) in [5, 5.41) is 0. The predicted molar refractivity (Wildman–Crippen MR) is 97.8 cm³/mol. The molecule has 2 aliphatic heterocycles. The van der Waals surface area contributed by atoms with E-state index >= 15 is 0 Å². The molecule has 0 aromatic heterocycles. The van der Waals surface area contributed by atoms with Crippen LogP contribution in [-0.4, -0.2) is 37.1 Å². The molecule has 0 saturated carbocycles. The number of benzene rings is 2. The number of hydrogen-bond acceptors (Lipinski definition) is 4. The normalized spacial score (nSPS) is 21.2. The van der Waals surface area contributed by atoms with Crippen molar-refractivity contribution in [1.29, 1.82) is 0 Å². The minimum absolute atomic E-state index is 0.0387. The number of ether oxygens (including phenoxy) is 2. The fourth-order valence-corrected chi connectivity index (χ4v) is 3.58. The highest BCUT2D eigenvalue weighted by atomic mass is 16.6. The molecule has 0 saturated heterocycles. The van der Waals surface area contributed by atoms with Crippen molar-refractivity contribution >= 4 is 23.2 Å². The van der Waals surface area contributed by atoms with Crippen LogP contribution in [0, 0.1) is 0 Å². The number of fused-ring (bicyclic) bond motifs is 2. The van der Waals surface area contributed by atoms with E-state index < -0.39 is 6.10 Å². The second-order valence-electron chi connectivity index (χ2n) is 6.54. The molecule has 6 nitrogen and oxygen atoms in total. The Balaban J connectivity index is 1.64. The summed E-state index contributed by atoms with van der Waals surface area (Å²) in [6.45, 7) is 4.06. The number of carbonyl (C=O) groups is 2. The number of carbonyl (C=O) groups excluding carboxylic acids is 2. The average Bonchev–Trinajstić information content (AvgIpc) is 2.66. The molecule has 2 aromatic carbocycles. The Kier molecular flexibility index (Phi) is 4.03. The summed E-state index contributed by atoms with van der Waals surface area (Å²) in [5.74, 6) is 1.01. The van der Waals surface area contributed by atoms with Crippen molar-refractivity contribution in [2.45, 2.75) is 26.0 Å². The highest BCUT2D eigenvalue weighted by Crippen LogP contribution is 2.37. The minimum atomic E-state index is -0.714. The van der Waals surface area contributed by atoms with Crippen molar-refractivity contribution in [3.63, 3.8) is 0 Å². The van der Waals surface area contributed by atoms with Gasteiger partial charge in [-0.1, -0.05) is 24.3 Å². The van der Waals surface area contributed by atoms with Crippen molar-refractivity contribution in [2.24, 2.45) is 0 Å². The summed E-state index contributed by atoms with van der Waals surface area (Å²) in [5.41, 5.74) is 1.46. The topological polar surface area (TPSA) is 59.1 Å². The minimum Gasteiger partial charge on any atom is -0.485 e. The second kappa shape index (κ2) is 6.37. The molecule has 0 radical (unpaired) electrons. The average molecular weight is 352 g/mol. The molecule has 0 unspecified atom stereocenters. The number of amides is 2. The van der Waals surface area contributed by atoms with Gasteiger partial charge in [-0.05, 0) is 31.2 Å². The van der Waals surface area contributed by atoms with Crippen molar-refractivity contribution in [1.82, 2.24) is 0 Å². The number of nitrogens with zero attached hydrogens (tertiary/aromatic N) is 2. The summed E-state index contributed by atoms with van der Waals surface area (Å²) in [6.07, 6.45) is -0.714. The highest BCUT2D eigenvalue weighted by Gasteiger charge is 2.38. The molecule has 6 heteroatoms. The zero-order valence-electron chi connectivity index (χ0n) is 14.7. The summed E-state index contributed by atoms with van der Waals surface area (Å²) >= 11 is 0. The third-order valence-electron chi connectivity index (χ3n) is 4.71. The molecule has 0 spiro atoms. The molecular weight excluding hydrogens is 332 g/mol. The SMILES string of the molecule is CC(=O)N1c2ccccc2N(C(=O)[C@H]2COc3ccccc3O2)C[C@@H]1C. The van der Waals surface area contributed by atoms with Crippen LogP contribution < -0.4 is 19.3 Å². The fraction of sp³-hybridized carbons (Fsp3) is 0.300. The zero-order valence-corrected chi connectivity index (χ0v) is 14.7. The van der Waals surface area contributed by atoms with Gasteiger partial charge in [0.2, 0.25) is 12.0 Å². The molecule has 2 heterocycles. The summed E-state index contributed by atoms with van der Waals surface area (Å²) < 4.78 is 11.6. The lowest BCUT2D eigenvalue weighted by Gasteiger charge is -2.42. The van der Waals surface area contributed by atoms with Gasteiger partial charge < -0.3 is 19.3 Å². The molecule has 0 N–H and O–H groups in total. The van der Waals surface area contributed by atoms with Crippen molar-refractivity contribution in [3.8, 4) is 11.5 Å². The van der Waals surface area contributed by atoms with Gasteiger partial charge in [0.15, 0.2) is 11.5 Å². The first-order chi connectivity index (χ1) is 12.6. The van der Waals surface area contributed by atoms with Crippen LogP contribution in [0.2, 0.25) is 0 Å². The van der Waals surface area contributed by atoms with E-state index in [0.717, 1.165) is 5.69 Å². The van der Waals surface area contributed by atoms with E-state index in [4.69, 9.17) is 9.47 Å². The molecule has 0 fully saturated rings. The fourth-order valence-electron chi connectivity index (χ4n) is 3.58. The summed E-state index contributed by atoms with van der Waals surface area (Å²) in [7, 11) is 0. The van der Waals surface area contributed by atoms with Crippen LogP contribution in [-0.2, 0) is 9.59 Å². The monoisotopic (exact) mass is 352 g/mol. The van der Waals surface area contributed by atoms with Crippen LogP contribution in [0.3, 0.4) is 0 Å². The number of anilines is 2. The largest absolute Gasteiger partial charge is 0.485 e. The van der Waals surface area contributed by atoms with Crippen LogP contribution in [0.5, 0.6) is 11.5 Å². The first kappa shape index (κ1) is 16.4. The van der Waals surface area contributed by atoms with Gasteiger partial charge >= 0.3 is 0 Å². The van der Waals surface area contributed by atoms with Crippen LogP contribution in [0.1, 0.15) is 13.8 Å². The van der Waals surface area contributed by atoms with Crippen molar-refractivity contribution < 1.29 is 19.1 Å². The van der Waals surface area contributed by atoms with E-state index in [1.54, 1.807) is 22.8 Å². The van der Waals surface area contributed by atoms with E-state index in [-0.39, 0.29) is 24.5 Å². The van der Waals surface area contributed by atoms with Gasteiger partial charge in [-0.15, -0.1) is 0 Å². The van der Waals surface area contributed by atoms with E-state index in [9.17, 15) is 9.59 Å². The zero-order chi connectivity index (χ0) is 18.3. The maximum atomic E-state index is 13.2. The lowest BCUT2D eigenvalue weighted by molar-refractivity contribution is -0.128. The molecular formula is C20H20N2O4. The second-order valence-corrected chi connectivity index (χ2v) is 6.54. The number of para-hydroxylation sites is 4. The molecule has 2 atom stereocenters. The van der Waals surface area contributed by atoms with E-state index in [0.29, 0.717) is 23.7 Å². The molecule has 26 heavy (non-hydrogen) atoms. The van der Waals surface area contributed by atoms with Crippen molar-refractivity contribution in [2.75, 3.05) is 23.0 Å². The van der Waals surface area contributed by atoms with Gasteiger partial charge in [-0.2, -0.15) is 0 Å². The Hall–Kier alpha value is -3.02. The van der Waals surface area contributed by atoms with Crippen LogP contribution >= 0.6 is 0 Å². The van der Waals surface area contributed by atoms with Crippen LogP contribution in [0.4, 0.5) is 11.4 Å². The van der Waals surface area contributed by atoms with Gasteiger partial charge in [0.05, 0.1) is 17.4 Å². The van der Waals surface area contributed by atoms with Crippen molar-refractivity contribution in [3.05, 3.63) is 48.5 Å². The number of hydrogen-bond donors (Lipinski definition) is 0. The Bertz CT molecular complexity index is 866. The molecule has 2 aliphatic rings. The Morgan fingerprint density at radius 3 is 2.38 bits per heavy atom. The first-order valence-electron chi connectivity index (χ1n) is 8.65.